The van der Waals surface area contributed by atoms with E-state index in [1.54, 1.807) is 6.07 Å². The molecule has 0 aliphatic carbocycles. The van der Waals surface area contributed by atoms with Gasteiger partial charge in [-0.1, -0.05) is 30.3 Å². The predicted octanol–water partition coefficient (Wildman–Crippen LogP) is 3.22. The van der Waals surface area contributed by atoms with Crippen molar-refractivity contribution in [3.05, 3.63) is 59.7 Å². The number of carbonyl (C=O) groups is 1. The molecule has 144 valence electrons. The molecule has 0 unspecified atom stereocenters. The van der Waals surface area contributed by atoms with Crippen LogP contribution in [0.2, 0.25) is 0 Å². The molecule has 0 radical (unpaired) electrons. The number of hydrogen-bond acceptors (Lipinski definition) is 4. The average Bonchev–Trinajstić information content (AvgIpc) is 2.62. The predicted molar refractivity (Wildman–Crippen MR) is 107 cm³/mol. The summed E-state index contributed by atoms with van der Waals surface area (Å²) in [4.78, 5) is 13.4. The van der Waals surface area contributed by atoms with Crippen LogP contribution in [-0.4, -0.2) is 38.8 Å². The average molecular weight is 388 g/mol. The van der Waals surface area contributed by atoms with E-state index in [-0.39, 0.29) is 5.56 Å². The Kier molecular flexibility index (Phi) is 5.70. The molecular weight excluding hydrogens is 364 g/mol. The summed E-state index contributed by atoms with van der Waals surface area (Å²) >= 11 is 0. The summed E-state index contributed by atoms with van der Waals surface area (Å²) < 4.78 is 25.9. The van der Waals surface area contributed by atoms with Gasteiger partial charge < -0.3 is 10.0 Å². The summed E-state index contributed by atoms with van der Waals surface area (Å²) in [5, 5.41) is 9.19. The van der Waals surface area contributed by atoms with E-state index in [4.69, 9.17) is 0 Å². The fourth-order valence-electron chi connectivity index (χ4n) is 3.55. The van der Waals surface area contributed by atoms with Crippen LogP contribution in [0.1, 0.15) is 28.8 Å². The van der Waals surface area contributed by atoms with Crippen molar-refractivity contribution in [3.8, 4) is 0 Å². The van der Waals surface area contributed by atoms with Gasteiger partial charge in [0.1, 0.15) is 0 Å². The topological polar surface area (TPSA) is 86.7 Å². The van der Waals surface area contributed by atoms with Gasteiger partial charge in [0.2, 0.25) is 10.0 Å². The zero-order valence-corrected chi connectivity index (χ0v) is 16.1. The van der Waals surface area contributed by atoms with Crippen molar-refractivity contribution in [2.45, 2.75) is 19.3 Å². The number of piperidine rings is 1. The van der Waals surface area contributed by atoms with Crippen LogP contribution < -0.4 is 9.62 Å². The molecule has 2 aromatic carbocycles. The molecule has 1 fully saturated rings. The molecular formula is C20H24N2O4S. The second kappa shape index (κ2) is 8.00. The molecule has 1 saturated heterocycles. The summed E-state index contributed by atoms with van der Waals surface area (Å²) in [5.41, 5.74) is 2.44. The van der Waals surface area contributed by atoms with Gasteiger partial charge in [-0.3, -0.25) is 4.72 Å². The Morgan fingerprint density at radius 1 is 1.15 bits per heavy atom. The Morgan fingerprint density at radius 2 is 1.81 bits per heavy atom. The Morgan fingerprint density at radius 3 is 2.41 bits per heavy atom. The van der Waals surface area contributed by atoms with E-state index in [0.717, 1.165) is 44.3 Å². The van der Waals surface area contributed by atoms with Crippen LogP contribution in [0.15, 0.2) is 48.5 Å². The first kappa shape index (κ1) is 19.2. The maximum Gasteiger partial charge on any atom is 0.335 e. The Labute approximate surface area is 159 Å². The summed E-state index contributed by atoms with van der Waals surface area (Å²) in [7, 11) is -3.50. The SMILES string of the molecule is CS(=O)(=O)Nc1cc(C(=O)O)ccc1N1CCC(Cc2ccccc2)CC1. The first-order valence-corrected chi connectivity index (χ1v) is 10.8. The van der Waals surface area contributed by atoms with E-state index in [1.165, 1.54) is 17.7 Å². The molecule has 0 atom stereocenters. The number of nitrogens with one attached hydrogen (secondary N) is 1. The number of benzene rings is 2. The van der Waals surface area contributed by atoms with Crippen LogP contribution in [0.3, 0.4) is 0 Å². The van der Waals surface area contributed by atoms with Crippen molar-refractivity contribution in [2.75, 3.05) is 29.0 Å². The van der Waals surface area contributed by atoms with Crippen LogP contribution in [-0.2, 0) is 16.4 Å². The fourth-order valence-corrected chi connectivity index (χ4v) is 4.11. The fraction of sp³-hybridized carbons (Fsp3) is 0.350. The molecule has 3 rings (SSSR count). The van der Waals surface area contributed by atoms with Crippen LogP contribution in [0.5, 0.6) is 0 Å². The van der Waals surface area contributed by atoms with E-state index in [2.05, 4.69) is 33.9 Å². The van der Waals surface area contributed by atoms with Gasteiger partial charge >= 0.3 is 5.97 Å². The van der Waals surface area contributed by atoms with Gasteiger partial charge in [0.15, 0.2) is 0 Å². The molecule has 7 heteroatoms. The van der Waals surface area contributed by atoms with Crippen LogP contribution in [0.4, 0.5) is 11.4 Å². The van der Waals surface area contributed by atoms with Gasteiger partial charge in [-0.25, -0.2) is 13.2 Å². The molecule has 1 aliphatic rings. The van der Waals surface area contributed by atoms with E-state index < -0.39 is 16.0 Å². The second-order valence-corrected chi connectivity index (χ2v) is 8.78. The number of aromatic carboxylic acids is 1. The smallest absolute Gasteiger partial charge is 0.335 e. The van der Waals surface area contributed by atoms with Gasteiger partial charge in [-0.2, -0.15) is 0 Å². The molecule has 6 nitrogen and oxygen atoms in total. The lowest BCUT2D eigenvalue weighted by atomic mass is 9.90. The van der Waals surface area contributed by atoms with E-state index in [1.807, 2.05) is 6.07 Å². The number of anilines is 2. The van der Waals surface area contributed by atoms with E-state index in [9.17, 15) is 18.3 Å². The Hall–Kier alpha value is -2.54. The zero-order valence-electron chi connectivity index (χ0n) is 15.3. The highest BCUT2D eigenvalue weighted by molar-refractivity contribution is 7.92. The van der Waals surface area contributed by atoms with Gasteiger partial charge in [0.05, 0.1) is 23.2 Å². The largest absolute Gasteiger partial charge is 0.478 e. The van der Waals surface area contributed by atoms with Gasteiger partial charge in [-0.05, 0) is 48.9 Å². The van der Waals surface area contributed by atoms with E-state index >= 15 is 0 Å². The number of carboxylic acid groups (broad SMARTS) is 1. The maximum atomic E-state index is 11.7. The summed E-state index contributed by atoms with van der Waals surface area (Å²) in [6.45, 7) is 1.62. The third kappa shape index (κ3) is 5.23. The zero-order chi connectivity index (χ0) is 19.4. The lowest BCUT2D eigenvalue weighted by Crippen LogP contribution is -2.35. The monoisotopic (exact) mass is 388 g/mol. The summed E-state index contributed by atoms with van der Waals surface area (Å²) in [6.07, 6.45) is 4.12. The number of rotatable bonds is 6. The molecule has 0 spiro atoms. The minimum absolute atomic E-state index is 0.0591. The van der Waals surface area contributed by atoms with Gasteiger partial charge in [0.25, 0.3) is 0 Å². The molecule has 0 amide bonds. The van der Waals surface area contributed by atoms with Gasteiger partial charge in [0, 0.05) is 13.1 Å². The number of carboxylic acids is 1. The van der Waals surface area contributed by atoms with Crippen molar-refractivity contribution >= 4 is 27.4 Å². The highest BCUT2D eigenvalue weighted by Crippen LogP contribution is 2.32. The highest BCUT2D eigenvalue weighted by atomic mass is 32.2. The van der Waals surface area contributed by atoms with Crippen molar-refractivity contribution in [1.29, 1.82) is 0 Å². The number of sulfonamides is 1. The standard InChI is InChI=1S/C20H24N2O4S/c1-27(25,26)21-18-14-17(20(23)24)7-8-19(18)22-11-9-16(10-12-22)13-15-5-3-2-4-6-15/h2-8,14,16,21H,9-13H2,1H3,(H,23,24). The van der Waals surface area contributed by atoms with Crippen LogP contribution in [0.25, 0.3) is 0 Å². The van der Waals surface area contributed by atoms with Crippen molar-refractivity contribution in [2.24, 2.45) is 5.92 Å². The minimum Gasteiger partial charge on any atom is -0.478 e. The Bertz CT molecular complexity index is 905. The lowest BCUT2D eigenvalue weighted by molar-refractivity contribution is 0.0697. The minimum atomic E-state index is -3.50. The second-order valence-electron chi connectivity index (χ2n) is 7.03. The van der Waals surface area contributed by atoms with Gasteiger partial charge in [-0.15, -0.1) is 0 Å². The number of nitrogens with zero attached hydrogens (tertiary/aromatic N) is 1. The highest BCUT2D eigenvalue weighted by Gasteiger charge is 2.23. The first-order chi connectivity index (χ1) is 12.8. The Balaban J connectivity index is 1.74. The normalized spacial score (nSPS) is 15.5. The maximum absolute atomic E-state index is 11.7. The third-order valence-electron chi connectivity index (χ3n) is 4.86. The number of hydrogen-bond donors (Lipinski definition) is 2. The summed E-state index contributed by atoms with van der Waals surface area (Å²) in [5.74, 6) is -0.493. The van der Waals surface area contributed by atoms with Crippen molar-refractivity contribution < 1.29 is 18.3 Å². The van der Waals surface area contributed by atoms with Crippen molar-refractivity contribution in [1.82, 2.24) is 0 Å². The molecule has 0 bridgehead atoms. The molecule has 0 aromatic heterocycles. The van der Waals surface area contributed by atoms with Crippen LogP contribution >= 0.6 is 0 Å². The third-order valence-corrected chi connectivity index (χ3v) is 5.45. The lowest BCUT2D eigenvalue weighted by Gasteiger charge is -2.35. The molecule has 1 heterocycles. The molecule has 2 N–H and O–H groups in total. The molecule has 27 heavy (non-hydrogen) atoms. The molecule has 0 saturated carbocycles. The quantitative estimate of drug-likeness (QED) is 0.793. The van der Waals surface area contributed by atoms with E-state index in [0.29, 0.717) is 11.6 Å². The summed E-state index contributed by atoms with van der Waals surface area (Å²) in [6, 6.07) is 15.0. The molecule has 1 aliphatic heterocycles. The van der Waals surface area contributed by atoms with Crippen LogP contribution in [0, 0.1) is 5.92 Å². The first-order valence-electron chi connectivity index (χ1n) is 8.96. The van der Waals surface area contributed by atoms with Crippen molar-refractivity contribution in [3.63, 3.8) is 0 Å². The molecule has 2 aromatic rings.